The molecule has 0 saturated carbocycles. The van der Waals surface area contributed by atoms with Crippen molar-refractivity contribution in [2.24, 2.45) is 5.92 Å². The summed E-state index contributed by atoms with van der Waals surface area (Å²) >= 11 is 13.9. The first kappa shape index (κ1) is 28.8. The van der Waals surface area contributed by atoms with Gasteiger partial charge < -0.3 is 15.0 Å². The van der Waals surface area contributed by atoms with Crippen LogP contribution in [0, 0.1) is 11.7 Å². The van der Waals surface area contributed by atoms with Gasteiger partial charge in [-0.05, 0) is 52.4 Å². The van der Waals surface area contributed by atoms with E-state index in [0.29, 0.717) is 26.6 Å². The molecule has 1 aliphatic rings. The molecule has 41 heavy (non-hydrogen) atoms. The van der Waals surface area contributed by atoms with E-state index in [4.69, 9.17) is 27.9 Å². The number of ether oxygens (including phenoxy) is 1. The van der Waals surface area contributed by atoms with Crippen LogP contribution in [0.4, 0.5) is 4.39 Å². The minimum atomic E-state index is -1.10. The molecule has 1 aromatic heterocycles. The third-order valence-corrected chi connectivity index (χ3v) is 8.82. The average molecular weight is 612 g/mol. The van der Waals surface area contributed by atoms with E-state index in [9.17, 15) is 18.8 Å². The monoisotopic (exact) mass is 610 g/mol. The largest absolute Gasteiger partial charge is 0.469 e. The third-order valence-electron chi connectivity index (χ3n) is 7.22. The van der Waals surface area contributed by atoms with Crippen molar-refractivity contribution >= 4 is 52.3 Å². The van der Waals surface area contributed by atoms with Gasteiger partial charge in [-0.15, -0.1) is 11.3 Å². The molecule has 1 N–H and O–H groups in total. The number of halogens is 3. The van der Waals surface area contributed by atoms with Gasteiger partial charge in [0.25, 0.3) is 5.91 Å². The van der Waals surface area contributed by atoms with Crippen LogP contribution >= 0.6 is 34.5 Å². The molecule has 1 fully saturated rings. The fraction of sp³-hybridized carbons (Fsp3) is 0.194. The average Bonchev–Trinajstić information content (AvgIpc) is 3.65. The van der Waals surface area contributed by atoms with Gasteiger partial charge in [-0.25, -0.2) is 4.39 Å². The number of likely N-dealkylation sites (tertiary alicyclic amines) is 1. The number of thiophene rings is 1. The van der Waals surface area contributed by atoms with Crippen molar-refractivity contribution in [3.05, 3.63) is 128 Å². The second kappa shape index (κ2) is 12.4. The van der Waals surface area contributed by atoms with Crippen LogP contribution in [-0.2, 0) is 20.9 Å². The predicted octanol–water partition coefficient (Wildman–Crippen LogP) is 6.65. The molecule has 2 amide bonds. The molecule has 10 heteroatoms. The number of benzene rings is 3. The summed E-state index contributed by atoms with van der Waals surface area (Å²) in [6, 6.07) is 21.2. The Morgan fingerprint density at radius 1 is 0.927 bits per heavy atom. The van der Waals surface area contributed by atoms with Crippen LogP contribution in [0.5, 0.6) is 0 Å². The minimum absolute atomic E-state index is 0.0957. The summed E-state index contributed by atoms with van der Waals surface area (Å²) in [5.41, 5.74) is 1.90. The first-order valence-electron chi connectivity index (χ1n) is 12.8. The molecular formula is C31H25Cl2FN2O4S. The van der Waals surface area contributed by atoms with Crippen molar-refractivity contribution in [3.63, 3.8) is 0 Å². The van der Waals surface area contributed by atoms with Gasteiger partial charge in [-0.2, -0.15) is 0 Å². The Morgan fingerprint density at radius 2 is 1.66 bits per heavy atom. The van der Waals surface area contributed by atoms with Gasteiger partial charge >= 0.3 is 5.97 Å². The molecule has 4 aromatic rings. The van der Waals surface area contributed by atoms with Gasteiger partial charge in [-0.3, -0.25) is 14.4 Å². The van der Waals surface area contributed by atoms with Crippen molar-refractivity contribution in [2.75, 3.05) is 7.11 Å². The summed E-state index contributed by atoms with van der Waals surface area (Å²) in [7, 11) is 1.28. The molecule has 0 bridgehead atoms. The first-order valence-corrected chi connectivity index (χ1v) is 14.4. The molecular weight excluding hydrogens is 586 g/mol. The highest BCUT2D eigenvalue weighted by molar-refractivity contribution is 7.12. The maximum absolute atomic E-state index is 14.2. The Hall–Kier alpha value is -3.72. The highest BCUT2D eigenvalue weighted by atomic mass is 35.5. The van der Waals surface area contributed by atoms with E-state index in [1.54, 1.807) is 47.8 Å². The summed E-state index contributed by atoms with van der Waals surface area (Å²) < 4.78 is 18.7. The maximum atomic E-state index is 14.2. The first-order chi connectivity index (χ1) is 19.8. The lowest BCUT2D eigenvalue weighted by atomic mass is 9.80. The number of rotatable bonds is 7. The number of carbonyl (C=O) groups excluding carboxylic acids is 3. The van der Waals surface area contributed by atoms with Gasteiger partial charge in [0, 0.05) is 12.5 Å². The molecule has 2 heterocycles. The second-order valence-corrected chi connectivity index (χ2v) is 11.3. The molecule has 4 atom stereocenters. The number of hydrogen-bond donors (Lipinski definition) is 1. The SMILES string of the molecule is COC(=O)C1C(c2ccccc2)C(C(=O)NCc2ccc(F)cc2)N(C(=O)c2cccs2)C1c1ccc(Cl)c(Cl)c1. The summed E-state index contributed by atoms with van der Waals surface area (Å²) in [6.07, 6.45) is 0. The highest BCUT2D eigenvalue weighted by Gasteiger charge is 2.58. The number of amides is 2. The van der Waals surface area contributed by atoms with E-state index >= 15 is 0 Å². The minimum Gasteiger partial charge on any atom is -0.469 e. The number of nitrogens with one attached hydrogen (secondary N) is 1. The molecule has 6 nitrogen and oxygen atoms in total. The normalized spacial score (nSPS) is 20.0. The third kappa shape index (κ3) is 5.86. The zero-order chi connectivity index (χ0) is 29.1. The Morgan fingerprint density at radius 3 is 2.29 bits per heavy atom. The van der Waals surface area contributed by atoms with Crippen LogP contribution in [0.15, 0.2) is 90.3 Å². The van der Waals surface area contributed by atoms with Crippen LogP contribution in [-0.4, -0.2) is 35.8 Å². The Labute approximate surface area is 250 Å². The van der Waals surface area contributed by atoms with Crippen LogP contribution in [0.3, 0.4) is 0 Å². The van der Waals surface area contributed by atoms with E-state index < -0.39 is 47.5 Å². The molecule has 0 radical (unpaired) electrons. The smallest absolute Gasteiger partial charge is 0.311 e. The number of nitrogens with zero attached hydrogens (tertiary/aromatic N) is 1. The standard InChI is InChI=1S/C31H25Cl2FN2O4S/c1-40-31(39)26-25(19-6-3-2-4-7-19)28(29(37)35-17-18-9-12-21(34)13-10-18)36(30(38)24-8-5-15-41-24)27(26)20-11-14-22(32)23(33)16-20/h2-16,25-28H,17H2,1H3,(H,35,37). The van der Waals surface area contributed by atoms with Crippen molar-refractivity contribution in [1.29, 1.82) is 0 Å². The molecule has 210 valence electrons. The van der Waals surface area contributed by atoms with Crippen molar-refractivity contribution in [1.82, 2.24) is 10.2 Å². The lowest BCUT2D eigenvalue weighted by Gasteiger charge is -2.31. The van der Waals surface area contributed by atoms with Crippen LogP contribution in [0.25, 0.3) is 0 Å². The van der Waals surface area contributed by atoms with Gasteiger partial charge in [0.05, 0.1) is 34.0 Å². The molecule has 4 unspecified atom stereocenters. The van der Waals surface area contributed by atoms with Crippen molar-refractivity contribution in [3.8, 4) is 0 Å². The van der Waals surface area contributed by atoms with Gasteiger partial charge in [0.2, 0.25) is 5.91 Å². The Kier molecular flexibility index (Phi) is 8.73. The van der Waals surface area contributed by atoms with E-state index in [-0.39, 0.29) is 11.6 Å². The number of esters is 1. The Balaban J connectivity index is 1.67. The molecule has 1 aliphatic heterocycles. The zero-order valence-corrected chi connectivity index (χ0v) is 24.1. The van der Waals surface area contributed by atoms with Crippen molar-refractivity contribution in [2.45, 2.75) is 24.5 Å². The number of carbonyl (C=O) groups is 3. The topological polar surface area (TPSA) is 75.7 Å². The lowest BCUT2D eigenvalue weighted by molar-refractivity contribution is -0.146. The Bertz CT molecular complexity index is 1550. The van der Waals surface area contributed by atoms with E-state index in [1.165, 1.54) is 35.5 Å². The van der Waals surface area contributed by atoms with E-state index in [0.717, 1.165) is 0 Å². The molecule has 0 aliphatic carbocycles. The van der Waals surface area contributed by atoms with E-state index in [1.807, 2.05) is 30.3 Å². The molecule has 3 aromatic carbocycles. The summed E-state index contributed by atoms with van der Waals surface area (Å²) in [6.45, 7) is 0.0957. The van der Waals surface area contributed by atoms with E-state index in [2.05, 4.69) is 5.32 Å². The number of hydrogen-bond acceptors (Lipinski definition) is 5. The van der Waals surface area contributed by atoms with Crippen LogP contribution in [0.1, 0.15) is 38.3 Å². The molecule has 5 rings (SSSR count). The molecule has 1 saturated heterocycles. The van der Waals surface area contributed by atoms with Crippen molar-refractivity contribution < 1.29 is 23.5 Å². The second-order valence-electron chi connectivity index (χ2n) is 9.58. The van der Waals surface area contributed by atoms with Gasteiger partial charge in [0.1, 0.15) is 11.9 Å². The maximum Gasteiger partial charge on any atom is 0.311 e. The number of methoxy groups -OCH3 is 1. The highest BCUT2D eigenvalue weighted by Crippen LogP contribution is 2.51. The summed E-state index contributed by atoms with van der Waals surface area (Å²) in [5.74, 6) is -3.56. The lowest BCUT2D eigenvalue weighted by Crippen LogP contribution is -2.48. The van der Waals surface area contributed by atoms with Gasteiger partial charge in [-0.1, -0.05) is 77.8 Å². The summed E-state index contributed by atoms with van der Waals surface area (Å²) in [4.78, 5) is 43.8. The molecule has 0 spiro atoms. The fourth-order valence-corrected chi connectivity index (χ4v) is 6.39. The zero-order valence-electron chi connectivity index (χ0n) is 21.8. The van der Waals surface area contributed by atoms with Gasteiger partial charge in [0.15, 0.2) is 0 Å². The quantitative estimate of drug-likeness (QED) is 0.238. The van der Waals surface area contributed by atoms with Crippen LogP contribution < -0.4 is 5.32 Å². The fourth-order valence-electron chi connectivity index (χ4n) is 5.42. The predicted molar refractivity (Wildman–Crippen MR) is 156 cm³/mol. The van der Waals surface area contributed by atoms with Crippen LogP contribution in [0.2, 0.25) is 10.0 Å². The summed E-state index contributed by atoms with van der Waals surface area (Å²) in [5, 5.41) is 5.24.